The number of carbonyl (C=O) groups is 1. The number of rotatable bonds is 2. The van der Waals surface area contributed by atoms with E-state index in [1.165, 1.54) is 0 Å². The summed E-state index contributed by atoms with van der Waals surface area (Å²) in [4.78, 5) is 20.2. The molecule has 0 aliphatic heterocycles. The minimum Gasteiger partial charge on any atom is -0.443 e. The molecule has 0 fully saturated rings. The highest BCUT2D eigenvalue weighted by Gasteiger charge is 2.23. The second kappa shape index (κ2) is 5.52. The van der Waals surface area contributed by atoms with Gasteiger partial charge in [0, 0.05) is 12.4 Å². The third-order valence-electron chi connectivity index (χ3n) is 2.79. The maximum absolute atomic E-state index is 11.6. The van der Waals surface area contributed by atoms with E-state index >= 15 is 0 Å². The van der Waals surface area contributed by atoms with Crippen LogP contribution in [-0.4, -0.2) is 21.7 Å². The Hall–Kier alpha value is -1.69. The average Bonchev–Trinajstić information content (AvgIpc) is 2.34. The van der Waals surface area contributed by atoms with Gasteiger partial charge >= 0.3 is 6.09 Å². The van der Waals surface area contributed by atoms with Gasteiger partial charge in [0.05, 0.1) is 17.4 Å². The molecule has 6 nitrogen and oxygen atoms in total. The molecule has 0 saturated heterocycles. The lowest BCUT2D eigenvalue weighted by molar-refractivity contribution is 0.0484. The summed E-state index contributed by atoms with van der Waals surface area (Å²) in [5.41, 5.74) is 6.94. The quantitative estimate of drug-likeness (QED) is 0.798. The monoisotopic (exact) mass is 264 g/mol. The van der Waals surface area contributed by atoms with E-state index in [2.05, 4.69) is 20.8 Å². The number of nitrogens with one attached hydrogen (secondary N) is 2. The van der Waals surface area contributed by atoms with Gasteiger partial charge in [-0.15, -0.1) is 0 Å². The molecule has 19 heavy (non-hydrogen) atoms. The van der Waals surface area contributed by atoms with E-state index in [0.29, 0.717) is 0 Å². The molecule has 0 saturated carbocycles. The number of ether oxygens (including phenoxy) is 1. The Bertz CT molecular complexity index is 456. The van der Waals surface area contributed by atoms with Crippen LogP contribution < -0.4 is 10.9 Å². The number of hydrogen-bond acceptors (Lipinski definition) is 5. The highest BCUT2D eigenvalue weighted by Crippen LogP contribution is 2.25. The number of nitrogens with zero attached hydrogens (tertiary/aromatic N) is 2. The third-order valence-corrected chi connectivity index (χ3v) is 2.79. The first-order valence-electron chi connectivity index (χ1n) is 6.50. The number of aryl methyl sites for hydroxylation is 1. The van der Waals surface area contributed by atoms with Crippen molar-refractivity contribution in [3.63, 3.8) is 0 Å². The van der Waals surface area contributed by atoms with Crippen molar-refractivity contribution in [2.24, 2.45) is 0 Å². The molecule has 6 heteroatoms. The Kier molecular flexibility index (Phi) is 3.99. The van der Waals surface area contributed by atoms with Crippen LogP contribution in [-0.2, 0) is 11.2 Å². The molecule has 1 unspecified atom stereocenters. The fraction of sp³-hybridized carbons (Fsp3) is 0.615. The van der Waals surface area contributed by atoms with E-state index in [-0.39, 0.29) is 6.04 Å². The van der Waals surface area contributed by atoms with Crippen LogP contribution in [0.1, 0.15) is 51.0 Å². The van der Waals surface area contributed by atoms with E-state index in [0.717, 1.165) is 30.7 Å². The summed E-state index contributed by atoms with van der Waals surface area (Å²) >= 11 is 0. The Balaban J connectivity index is 1.93. The number of fused-ring (bicyclic) bond motifs is 1. The number of hydrogen-bond donors (Lipinski definition) is 2. The Morgan fingerprint density at radius 1 is 1.37 bits per heavy atom. The largest absolute Gasteiger partial charge is 0.443 e. The van der Waals surface area contributed by atoms with E-state index in [9.17, 15) is 4.79 Å². The summed E-state index contributed by atoms with van der Waals surface area (Å²) in [5, 5.41) is 0. The van der Waals surface area contributed by atoms with Crippen LogP contribution >= 0.6 is 0 Å². The van der Waals surface area contributed by atoms with Crippen molar-refractivity contribution < 1.29 is 9.53 Å². The summed E-state index contributed by atoms with van der Waals surface area (Å²) in [6, 6.07) is -0.00929. The van der Waals surface area contributed by atoms with Gasteiger partial charge in [-0.3, -0.25) is 15.4 Å². The highest BCUT2D eigenvalue weighted by atomic mass is 16.6. The fourth-order valence-corrected chi connectivity index (χ4v) is 2.06. The lowest BCUT2D eigenvalue weighted by Gasteiger charge is -2.25. The molecule has 1 aromatic rings. The molecule has 2 rings (SSSR count). The Morgan fingerprint density at radius 3 is 2.84 bits per heavy atom. The van der Waals surface area contributed by atoms with Gasteiger partial charge in [-0.25, -0.2) is 10.2 Å². The van der Waals surface area contributed by atoms with E-state index in [1.54, 1.807) is 12.4 Å². The Morgan fingerprint density at radius 2 is 2.11 bits per heavy atom. The summed E-state index contributed by atoms with van der Waals surface area (Å²) in [5.74, 6) is 0. The molecular formula is C13H20N4O2. The van der Waals surface area contributed by atoms with Crippen LogP contribution in [0, 0.1) is 0 Å². The van der Waals surface area contributed by atoms with Crippen molar-refractivity contribution in [3.8, 4) is 0 Å². The van der Waals surface area contributed by atoms with E-state index in [4.69, 9.17) is 4.74 Å². The average molecular weight is 264 g/mol. The predicted molar refractivity (Wildman–Crippen MR) is 70.2 cm³/mol. The standard InChI is InChI=1S/C13H20N4O2/c1-13(2,3)19-12(18)17-16-10-6-4-5-9-11(10)15-8-7-14-9/h7-8,10,16H,4-6H2,1-3H3,(H,17,18). The van der Waals surface area contributed by atoms with E-state index in [1.807, 2.05) is 20.8 Å². The molecule has 1 amide bonds. The number of hydrazine groups is 1. The smallest absolute Gasteiger partial charge is 0.422 e. The summed E-state index contributed by atoms with van der Waals surface area (Å²) in [7, 11) is 0. The fourth-order valence-electron chi connectivity index (χ4n) is 2.06. The van der Waals surface area contributed by atoms with E-state index < -0.39 is 11.7 Å². The van der Waals surface area contributed by atoms with Gasteiger partial charge in [0.15, 0.2) is 0 Å². The maximum Gasteiger partial charge on any atom is 0.422 e. The Labute approximate surface area is 112 Å². The van der Waals surface area contributed by atoms with Gasteiger partial charge in [0.25, 0.3) is 0 Å². The predicted octanol–water partition coefficient (Wildman–Crippen LogP) is 1.88. The van der Waals surface area contributed by atoms with Crippen molar-refractivity contribution >= 4 is 6.09 Å². The van der Waals surface area contributed by atoms with Crippen LogP contribution in [0.2, 0.25) is 0 Å². The zero-order valence-corrected chi connectivity index (χ0v) is 11.6. The zero-order valence-electron chi connectivity index (χ0n) is 11.6. The molecule has 104 valence electrons. The first kappa shape index (κ1) is 13.7. The molecular weight excluding hydrogens is 244 g/mol. The molecule has 0 radical (unpaired) electrons. The number of amides is 1. The SMILES string of the molecule is CC(C)(C)OC(=O)NNC1CCCc2nccnc21. The van der Waals surface area contributed by atoms with Gasteiger partial charge in [-0.1, -0.05) is 0 Å². The third kappa shape index (κ3) is 3.89. The van der Waals surface area contributed by atoms with Crippen molar-refractivity contribution in [3.05, 3.63) is 23.8 Å². The molecule has 2 N–H and O–H groups in total. The first-order chi connectivity index (χ1) is 8.96. The maximum atomic E-state index is 11.6. The molecule has 1 aliphatic carbocycles. The summed E-state index contributed by atoms with van der Waals surface area (Å²) < 4.78 is 5.17. The van der Waals surface area contributed by atoms with Crippen LogP contribution in [0.5, 0.6) is 0 Å². The van der Waals surface area contributed by atoms with Crippen LogP contribution in [0.25, 0.3) is 0 Å². The van der Waals surface area contributed by atoms with Crippen molar-refractivity contribution in [2.45, 2.75) is 51.7 Å². The molecule has 1 aromatic heterocycles. The minimum absolute atomic E-state index is 0.00929. The highest BCUT2D eigenvalue weighted by molar-refractivity contribution is 5.67. The number of carbonyl (C=O) groups excluding carboxylic acids is 1. The van der Waals surface area contributed by atoms with Crippen molar-refractivity contribution in [2.75, 3.05) is 0 Å². The van der Waals surface area contributed by atoms with Crippen molar-refractivity contribution in [1.29, 1.82) is 0 Å². The molecule has 0 spiro atoms. The molecule has 1 atom stereocenters. The van der Waals surface area contributed by atoms with Gasteiger partial charge in [0.2, 0.25) is 0 Å². The number of aromatic nitrogens is 2. The van der Waals surface area contributed by atoms with Gasteiger partial charge in [-0.05, 0) is 40.0 Å². The second-order valence-corrected chi connectivity index (χ2v) is 5.60. The van der Waals surface area contributed by atoms with Crippen LogP contribution in [0.4, 0.5) is 4.79 Å². The normalized spacial score (nSPS) is 18.6. The first-order valence-corrected chi connectivity index (χ1v) is 6.50. The molecule has 0 aromatic carbocycles. The van der Waals surface area contributed by atoms with Gasteiger partial charge in [0.1, 0.15) is 5.60 Å². The van der Waals surface area contributed by atoms with Crippen molar-refractivity contribution in [1.82, 2.24) is 20.8 Å². The summed E-state index contributed by atoms with van der Waals surface area (Å²) in [6.45, 7) is 5.48. The lowest BCUT2D eigenvalue weighted by atomic mass is 9.96. The lowest BCUT2D eigenvalue weighted by Crippen LogP contribution is -2.44. The van der Waals surface area contributed by atoms with Crippen LogP contribution in [0.15, 0.2) is 12.4 Å². The topological polar surface area (TPSA) is 76.1 Å². The molecule has 1 aliphatic rings. The second-order valence-electron chi connectivity index (χ2n) is 5.60. The molecule has 1 heterocycles. The van der Waals surface area contributed by atoms with Gasteiger partial charge < -0.3 is 4.74 Å². The summed E-state index contributed by atoms with van der Waals surface area (Å²) in [6.07, 6.45) is 5.77. The minimum atomic E-state index is -0.504. The molecule has 0 bridgehead atoms. The van der Waals surface area contributed by atoms with Crippen LogP contribution in [0.3, 0.4) is 0 Å². The zero-order chi connectivity index (χ0) is 13.9. The van der Waals surface area contributed by atoms with Gasteiger partial charge in [-0.2, -0.15) is 0 Å².